The molecule has 1 heterocycles. The number of thiazole rings is 1. The molecule has 6 nitrogen and oxygen atoms in total. The van der Waals surface area contributed by atoms with Crippen molar-refractivity contribution in [2.45, 2.75) is 13.8 Å². The Labute approximate surface area is 160 Å². The zero-order valence-electron chi connectivity index (χ0n) is 14.8. The molecule has 0 unspecified atom stereocenters. The number of esters is 1. The van der Waals surface area contributed by atoms with Crippen molar-refractivity contribution in [2.75, 3.05) is 0 Å². The van der Waals surface area contributed by atoms with E-state index in [1.807, 2.05) is 37.3 Å². The molecule has 0 aliphatic rings. The van der Waals surface area contributed by atoms with Gasteiger partial charge in [-0.05, 0) is 36.8 Å². The molecule has 0 aliphatic heterocycles. The Morgan fingerprint density at radius 3 is 2.48 bits per heavy atom. The first-order chi connectivity index (χ1) is 13.0. The third-order valence-corrected chi connectivity index (χ3v) is 4.57. The van der Waals surface area contributed by atoms with Crippen LogP contribution in [0.4, 0.5) is 0 Å². The minimum Gasteiger partial charge on any atom is -0.427 e. The van der Waals surface area contributed by atoms with Gasteiger partial charge in [-0.25, -0.2) is 10.4 Å². The first-order valence-electron chi connectivity index (χ1n) is 8.17. The molecule has 0 saturated heterocycles. The van der Waals surface area contributed by atoms with E-state index < -0.39 is 0 Å². The zero-order valence-corrected chi connectivity index (χ0v) is 15.6. The molecule has 1 N–H and O–H groups in total. The molecule has 0 spiro atoms. The van der Waals surface area contributed by atoms with Crippen molar-refractivity contribution in [1.82, 2.24) is 10.4 Å². The summed E-state index contributed by atoms with van der Waals surface area (Å²) in [6.07, 6.45) is 1.51. The first-order valence-corrected chi connectivity index (χ1v) is 8.99. The summed E-state index contributed by atoms with van der Waals surface area (Å²) in [6.45, 7) is 3.20. The highest BCUT2D eigenvalue weighted by Gasteiger charge is 2.15. The highest BCUT2D eigenvalue weighted by atomic mass is 32.1. The number of aromatic nitrogens is 1. The van der Waals surface area contributed by atoms with E-state index in [-0.39, 0.29) is 11.9 Å². The van der Waals surface area contributed by atoms with E-state index in [1.54, 1.807) is 24.3 Å². The normalized spacial score (nSPS) is 10.7. The van der Waals surface area contributed by atoms with Crippen LogP contribution < -0.4 is 10.2 Å². The van der Waals surface area contributed by atoms with E-state index in [4.69, 9.17) is 4.74 Å². The molecular weight excluding hydrogens is 362 g/mol. The number of ether oxygens (including phenoxy) is 1. The second kappa shape index (κ2) is 8.37. The average Bonchev–Trinajstić information content (AvgIpc) is 3.05. The van der Waals surface area contributed by atoms with E-state index in [0.29, 0.717) is 11.4 Å². The van der Waals surface area contributed by atoms with Crippen molar-refractivity contribution in [1.29, 1.82) is 0 Å². The molecule has 0 fully saturated rings. The molecule has 2 aromatic carbocycles. The molecular formula is C20H17N3O3S. The van der Waals surface area contributed by atoms with Crippen molar-refractivity contribution in [2.24, 2.45) is 5.10 Å². The summed E-state index contributed by atoms with van der Waals surface area (Å²) < 4.78 is 4.96. The van der Waals surface area contributed by atoms with Crippen LogP contribution in [-0.4, -0.2) is 23.1 Å². The van der Waals surface area contributed by atoms with Gasteiger partial charge in [0, 0.05) is 17.4 Å². The largest absolute Gasteiger partial charge is 0.427 e. The zero-order chi connectivity index (χ0) is 19.2. The number of nitrogens with zero attached hydrogens (tertiary/aromatic N) is 2. The smallest absolute Gasteiger partial charge is 0.308 e. The van der Waals surface area contributed by atoms with Gasteiger partial charge in [-0.15, -0.1) is 11.3 Å². The van der Waals surface area contributed by atoms with Crippen LogP contribution in [0, 0.1) is 6.92 Å². The minimum atomic E-state index is -0.378. The number of aryl methyl sites for hydroxylation is 1. The van der Waals surface area contributed by atoms with Gasteiger partial charge >= 0.3 is 5.97 Å². The van der Waals surface area contributed by atoms with Crippen LogP contribution in [0.5, 0.6) is 5.75 Å². The summed E-state index contributed by atoms with van der Waals surface area (Å²) in [7, 11) is 0. The fourth-order valence-electron chi connectivity index (χ4n) is 2.32. The highest BCUT2D eigenvalue weighted by Crippen LogP contribution is 2.27. The first kappa shape index (κ1) is 18.5. The standard InChI is InChI=1S/C20H17N3O3S/c1-13-18(22-20(27-13)16-6-4-3-5-7-16)19(25)23-21-12-15-8-10-17(11-9-15)26-14(2)24/h3-12H,1-2H3,(H,23,25)/b21-12-. The Balaban J connectivity index is 1.65. The van der Waals surface area contributed by atoms with Gasteiger partial charge in [-0.1, -0.05) is 30.3 Å². The highest BCUT2D eigenvalue weighted by molar-refractivity contribution is 7.15. The fraction of sp³-hybridized carbons (Fsp3) is 0.100. The number of hydrogen-bond acceptors (Lipinski definition) is 6. The summed E-state index contributed by atoms with van der Waals surface area (Å²) in [5, 5.41) is 4.76. The summed E-state index contributed by atoms with van der Waals surface area (Å²) >= 11 is 1.47. The van der Waals surface area contributed by atoms with Crippen molar-refractivity contribution in [3.05, 3.63) is 70.7 Å². The van der Waals surface area contributed by atoms with Crippen LogP contribution in [0.25, 0.3) is 10.6 Å². The predicted octanol–water partition coefficient (Wildman–Crippen LogP) is 3.81. The van der Waals surface area contributed by atoms with Crippen LogP contribution in [0.2, 0.25) is 0 Å². The fourth-order valence-corrected chi connectivity index (χ4v) is 3.23. The van der Waals surface area contributed by atoms with E-state index in [0.717, 1.165) is 21.0 Å². The second-order valence-electron chi connectivity index (χ2n) is 5.65. The van der Waals surface area contributed by atoms with Gasteiger partial charge in [0.25, 0.3) is 5.91 Å². The molecule has 0 radical (unpaired) electrons. The van der Waals surface area contributed by atoms with Gasteiger partial charge in [0.1, 0.15) is 16.5 Å². The lowest BCUT2D eigenvalue weighted by molar-refractivity contribution is -0.131. The van der Waals surface area contributed by atoms with Gasteiger partial charge in [0.05, 0.1) is 6.21 Å². The quantitative estimate of drug-likeness (QED) is 0.316. The topological polar surface area (TPSA) is 80.6 Å². The maximum absolute atomic E-state index is 12.3. The molecule has 7 heteroatoms. The minimum absolute atomic E-state index is 0.362. The van der Waals surface area contributed by atoms with Crippen molar-refractivity contribution < 1.29 is 14.3 Å². The van der Waals surface area contributed by atoms with E-state index >= 15 is 0 Å². The van der Waals surface area contributed by atoms with Gasteiger partial charge in [-0.2, -0.15) is 5.10 Å². The Kier molecular flexibility index (Phi) is 5.73. The molecule has 27 heavy (non-hydrogen) atoms. The molecule has 1 amide bonds. The van der Waals surface area contributed by atoms with Gasteiger partial charge < -0.3 is 4.74 Å². The predicted molar refractivity (Wildman–Crippen MR) is 105 cm³/mol. The lowest BCUT2D eigenvalue weighted by Gasteiger charge is -2.01. The summed E-state index contributed by atoms with van der Waals surface area (Å²) in [5.41, 5.74) is 4.58. The van der Waals surface area contributed by atoms with Crippen LogP contribution in [0.3, 0.4) is 0 Å². The maximum atomic E-state index is 12.3. The maximum Gasteiger partial charge on any atom is 0.308 e. The van der Waals surface area contributed by atoms with E-state index in [2.05, 4.69) is 15.5 Å². The SMILES string of the molecule is CC(=O)Oc1ccc(/C=N\NC(=O)c2nc(-c3ccccc3)sc2C)cc1. The second-order valence-corrected chi connectivity index (χ2v) is 6.85. The Morgan fingerprint density at radius 1 is 1.11 bits per heavy atom. The monoisotopic (exact) mass is 379 g/mol. The number of hydrogen-bond donors (Lipinski definition) is 1. The number of rotatable bonds is 5. The van der Waals surface area contributed by atoms with Crippen LogP contribution in [0.15, 0.2) is 59.7 Å². The van der Waals surface area contributed by atoms with Gasteiger partial charge in [0.15, 0.2) is 0 Å². The third-order valence-electron chi connectivity index (χ3n) is 3.55. The van der Waals surface area contributed by atoms with Gasteiger partial charge in [-0.3, -0.25) is 9.59 Å². The summed E-state index contributed by atoms with van der Waals surface area (Å²) in [5.74, 6) is -0.286. The average molecular weight is 379 g/mol. The Morgan fingerprint density at radius 2 is 1.81 bits per heavy atom. The van der Waals surface area contributed by atoms with Gasteiger partial charge in [0.2, 0.25) is 0 Å². The number of amides is 1. The Hall–Kier alpha value is -3.32. The van der Waals surface area contributed by atoms with Crippen molar-refractivity contribution in [3.8, 4) is 16.3 Å². The number of hydrazone groups is 1. The Bertz CT molecular complexity index is 979. The molecule has 0 saturated carbocycles. The molecule has 3 aromatic rings. The van der Waals surface area contributed by atoms with E-state index in [9.17, 15) is 9.59 Å². The molecule has 0 aliphatic carbocycles. The summed E-state index contributed by atoms with van der Waals surface area (Å²) in [6, 6.07) is 16.5. The lowest BCUT2D eigenvalue weighted by atomic mass is 10.2. The van der Waals surface area contributed by atoms with E-state index in [1.165, 1.54) is 24.5 Å². The van der Waals surface area contributed by atoms with Crippen molar-refractivity contribution in [3.63, 3.8) is 0 Å². The molecule has 3 rings (SSSR count). The third kappa shape index (κ3) is 4.86. The number of nitrogens with one attached hydrogen (secondary N) is 1. The number of carbonyl (C=O) groups excluding carboxylic acids is 2. The van der Waals surface area contributed by atoms with Crippen molar-refractivity contribution >= 4 is 29.4 Å². The summed E-state index contributed by atoms with van der Waals surface area (Å²) in [4.78, 5) is 28.5. The van der Waals surface area contributed by atoms with Crippen LogP contribution in [0.1, 0.15) is 27.9 Å². The number of benzene rings is 2. The number of carbonyl (C=O) groups is 2. The molecule has 0 atom stereocenters. The lowest BCUT2D eigenvalue weighted by Crippen LogP contribution is -2.18. The van der Waals surface area contributed by atoms with Crippen LogP contribution >= 0.6 is 11.3 Å². The molecule has 0 bridgehead atoms. The molecule has 1 aromatic heterocycles. The molecule has 136 valence electrons. The van der Waals surface area contributed by atoms with Crippen LogP contribution in [-0.2, 0) is 4.79 Å².